The number of nitrogens with zero attached hydrogens (tertiary/aromatic N) is 3. The van der Waals surface area contributed by atoms with Crippen LogP contribution in [-0.4, -0.2) is 35.4 Å². The van der Waals surface area contributed by atoms with Crippen molar-refractivity contribution >= 4 is 33.0 Å². The van der Waals surface area contributed by atoms with Gasteiger partial charge in [-0.2, -0.15) is 4.31 Å². The lowest BCUT2D eigenvalue weighted by Gasteiger charge is -2.22. The number of nitrogens with one attached hydrogen (secondary N) is 1. The maximum Gasteiger partial charge on any atom is 0.286 e. The molecule has 0 spiro atoms. The quantitative estimate of drug-likeness (QED) is 0.620. The van der Waals surface area contributed by atoms with E-state index in [9.17, 15) is 17.6 Å². The summed E-state index contributed by atoms with van der Waals surface area (Å²) in [4.78, 5) is 12.7. The van der Waals surface area contributed by atoms with E-state index >= 15 is 0 Å². The lowest BCUT2D eigenvalue weighted by atomic mass is 10.1. The fraction of sp³-hybridized carbons (Fsp3) is 0.286. The molecule has 1 saturated heterocycles. The number of carbonyl (C=O) groups excluding carboxylic acids is 1. The Labute approximate surface area is 184 Å². The maximum atomic E-state index is 13.3. The molecule has 4 rings (SSSR count). The van der Waals surface area contributed by atoms with Crippen LogP contribution in [0.4, 0.5) is 10.1 Å². The zero-order valence-electron chi connectivity index (χ0n) is 17.0. The summed E-state index contributed by atoms with van der Waals surface area (Å²) < 4.78 is 41.3. The number of benzene rings is 2. The van der Waals surface area contributed by atoms with E-state index in [1.807, 2.05) is 13.8 Å². The van der Waals surface area contributed by atoms with Crippen molar-refractivity contribution in [2.75, 3.05) is 11.9 Å². The Balaban J connectivity index is 1.56. The first-order valence-corrected chi connectivity index (χ1v) is 12.0. The lowest BCUT2D eigenvalue weighted by molar-refractivity contribution is 0.102. The molecule has 0 bridgehead atoms. The average molecular weight is 461 g/mol. The second-order valence-corrected chi connectivity index (χ2v) is 10.3. The molecule has 1 amide bonds. The van der Waals surface area contributed by atoms with E-state index in [4.69, 9.17) is 0 Å². The van der Waals surface area contributed by atoms with Crippen molar-refractivity contribution in [2.45, 2.75) is 37.6 Å². The largest absolute Gasteiger partial charge is 0.320 e. The molecular formula is C21H21FN4O3S2. The van der Waals surface area contributed by atoms with Gasteiger partial charge in [-0.05, 0) is 68.1 Å². The number of aryl methyl sites for hydroxylation is 2. The van der Waals surface area contributed by atoms with Gasteiger partial charge in [0.2, 0.25) is 15.0 Å². The van der Waals surface area contributed by atoms with Crippen molar-refractivity contribution in [3.05, 3.63) is 69.4 Å². The molecule has 1 aromatic heterocycles. The summed E-state index contributed by atoms with van der Waals surface area (Å²) in [6.07, 6.45) is 1.30. The first-order chi connectivity index (χ1) is 14.8. The number of sulfonamides is 1. The fourth-order valence-electron chi connectivity index (χ4n) is 3.50. The lowest BCUT2D eigenvalue weighted by Crippen LogP contribution is -2.30. The van der Waals surface area contributed by atoms with Crippen LogP contribution in [0.2, 0.25) is 0 Å². The SMILES string of the molecule is Cc1ccc(S(=O)(=O)N2CCC[C@H]2c2nnc(C(=O)Nc3cccc(F)c3)s2)cc1C. The van der Waals surface area contributed by atoms with Crippen molar-refractivity contribution in [2.24, 2.45) is 0 Å². The molecule has 0 saturated carbocycles. The van der Waals surface area contributed by atoms with E-state index in [1.165, 1.54) is 22.5 Å². The summed E-state index contributed by atoms with van der Waals surface area (Å²) in [5.74, 6) is -0.982. The molecular weight excluding hydrogens is 439 g/mol. The van der Waals surface area contributed by atoms with Gasteiger partial charge in [-0.15, -0.1) is 10.2 Å². The monoisotopic (exact) mass is 460 g/mol. The number of hydrogen-bond acceptors (Lipinski definition) is 6. The van der Waals surface area contributed by atoms with Crippen molar-refractivity contribution in [3.8, 4) is 0 Å². The first kappa shape index (κ1) is 21.5. The van der Waals surface area contributed by atoms with Crippen molar-refractivity contribution < 1.29 is 17.6 Å². The number of hydrogen-bond donors (Lipinski definition) is 1. The second-order valence-electron chi connectivity index (χ2n) is 7.43. The molecule has 1 aliphatic rings. The number of aromatic nitrogens is 2. The van der Waals surface area contributed by atoms with Gasteiger partial charge in [0.1, 0.15) is 10.8 Å². The van der Waals surface area contributed by atoms with E-state index < -0.39 is 27.8 Å². The Morgan fingerprint density at radius 1 is 1.16 bits per heavy atom. The molecule has 162 valence electrons. The van der Waals surface area contributed by atoms with E-state index in [0.29, 0.717) is 30.1 Å². The average Bonchev–Trinajstić information content (AvgIpc) is 3.39. The Bertz CT molecular complexity index is 1240. The first-order valence-electron chi connectivity index (χ1n) is 9.75. The number of anilines is 1. The van der Waals surface area contributed by atoms with Gasteiger partial charge in [0.15, 0.2) is 0 Å². The number of halogens is 1. The molecule has 31 heavy (non-hydrogen) atoms. The molecule has 1 N–H and O–H groups in total. The van der Waals surface area contributed by atoms with Gasteiger partial charge >= 0.3 is 0 Å². The van der Waals surface area contributed by atoms with Gasteiger partial charge in [-0.3, -0.25) is 4.79 Å². The van der Waals surface area contributed by atoms with Crippen LogP contribution in [0.5, 0.6) is 0 Å². The third-order valence-electron chi connectivity index (χ3n) is 5.29. The summed E-state index contributed by atoms with van der Waals surface area (Å²) in [5, 5.41) is 11.2. The maximum absolute atomic E-state index is 13.3. The van der Waals surface area contributed by atoms with Gasteiger partial charge < -0.3 is 5.32 Å². The van der Waals surface area contributed by atoms with Crippen LogP contribution in [0.25, 0.3) is 0 Å². The number of carbonyl (C=O) groups is 1. The molecule has 0 radical (unpaired) electrons. The Morgan fingerprint density at radius 2 is 1.97 bits per heavy atom. The fourth-order valence-corrected chi connectivity index (χ4v) is 6.20. The molecule has 0 aliphatic carbocycles. The Kier molecular flexibility index (Phi) is 5.87. The third-order valence-corrected chi connectivity index (χ3v) is 8.22. The van der Waals surface area contributed by atoms with Crippen LogP contribution in [0.3, 0.4) is 0 Å². The van der Waals surface area contributed by atoms with Crippen LogP contribution in [0, 0.1) is 19.7 Å². The predicted octanol–water partition coefficient (Wildman–Crippen LogP) is 4.07. The molecule has 1 fully saturated rings. The predicted molar refractivity (Wildman–Crippen MR) is 116 cm³/mol. The highest BCUT2D eigenvalue weighted by Crippen LogP contribution is 2.38. The highest BCUT2D eigenvalue weighted by atomic mass is 32.2. The minimum absolute atomic E-state index is 0.0923. The van der Waals surface area contributed by atoms with E-state index in [2.05, 4.69) is 15.5 Å². The normalized spacial score (nSPS) is 17.1. The minimum Gasteiger partial charge on any atom is -0.320 e. The molecule has 2 heterocycles. The second kappa shape index (κ2) is 8.45. The number of rotatable bonds is 5. The third kappa shape index (κ3) is 4.36. The van der Waals surface area contributed by atoms with Gasteiger partial charge in [0.05, 0.1) is 10.9 Å². The van der Waals surface area contributed by atoms with Crippen LogP contribution in [-0.2, 0) is 10.0 Å². The van der Waals surface area contributed by atoms with Crippen LogP contribution in [0.15, 0.2) is 47.4 Å². The summed E-state index contributed by atoms with van der Waals surface area (Å²) in [6.45, 7) is 4.19. The van der Waals surface area contributed by atoms with E-state index in [0.717, 1.165) is 22.5 Å². The van der Waals surface area contributed by atoms with Crippen molar-refractivity contribution in [1.82, 2.24) is 14.5 Å². The molecule has 2 aromatic carbocycles. The standard InChI is InChI=1S/C21H21FN4O3S2/c1-13-8-9-17(11-14(13)2)31(28,29)26-10-4-7-18(26)20-24-25-21(30-20)19(27)23-16-6-3-5-15(22)12-16/h3,5-6,8-9,11-12,18H,4,7,10H2,1-2H3,(H,23,27)/t18-/m0/s1. The smallest absolute Gasteiger partial charge is 0.286 e. The summed E-state index contributed by atoms with van der Waals surface area (Å²) in [5.41, 5.74) is 2.24. The molecule has 1 aliphatic heterocycles. The minimum atomic E-state index is -3.71. The van der Waals surface area contributed by atoms with Gasteiger partial charge in [-0.1, -0.05) is 23.5 Å². The molecule has 1 atom stereocenters. The van der Waals surface area contributed by atoms with Crippen molar-refractivity contribution in [1.29, 1.82) is 0 Å². The van der Waals surface area contributed by atoms with E-state index in [-0.39, 0.29) is 9.90 Å². The summed E-state index contributed by atoms with van der Waals surface area (Å²) in [7, 11) is -3.71. The summed E-state index contributed by atoms with van der Waals surface area (Å²) in [6, 6.07) is 10.2. The van der Waals surface area contributed by atoms with Gasteiger partial charge in [0, 0.05) is 12.2 Å². The highest BCUT2D eigenvalue weighted by Gasteiger charge is 2.38. The van der Waals surface area contributed by atoms with Crippen LogP contribution < -0.4 is 5.32 Å². The zero-order chi connectivity index (χ0) is 22.2. The van der Waals surface area contributed by atoms with E-state index in [1.54, 1.807) is 24.3 Å². The van der Waals surface area contributed by atoms with Crippen molar-refractivity contribution in [3.63, 3.8) is 0 Å². The van der Waals surface area contributed by atoms with Gasteiger partial charge in [0.25, 0.3) is 5.91 Å². The molecule has 7 nitrogen and oxygen atoms in total. The van der Waals surface area contributed by atoms with Crippen LogP contribution in [0.1, 0.15) is 44.8 Å². The summed E-state index contributed by atoms with van der Waals surface area (Å²) >= 11 is 1.05. The molecule has 0 unspecified atom stereocenters. The highest BCUT2D eigenvalue weighted by molar-refractivity contribution is 7.89. The number of amides is 1. The van der Waals surface area contributed by atoms with Crippen LogP contribution >= 0.6 is 11.3 Å². The topological polar surface area (TPSA) is 92.3 Å². The zero-order valence-corrected chi connectivity index (χ0v) is 18.6. The molecule has 10 heteroatoms. The van der Waals surface area contributed by atoms with Gasteiger partial charge in [-0.25, -0.2) is 12.8 Å². The Hall–Kier alpha value is -2.69. The Morgan fingerprint density at radius 3 is 2.71 bits per heavy atom. The molecule has 3 aromatic rings.